The first-order valence-electron chi connectivity index (χ1n) is 7.95. The van der Waals surface area contributed by atoms with E-state index in [1.807, 2.05) is 19.1 Å². The van der Waals surface area contributed by atoms with Crippen molar-refractivity contribution in [2.24, 2.45) is 0 Å². The number of pyridine rings is 1. The third kappa shape index (κ3) is 3.83. The van der Waals surface area contributed by atoms with E-state index in [0.717, 1.165) is 49.1 Å². The van der Waals surface area contributed by atoms with Crippen molar-refractivity contribution in [1.29, 1.82) is 0 Å². The van der Waals surface area contributed by atoms with Crippen molar-refractivity contribution in [3.05, 3.63) is 51.6 Å². The van der Waals surface area contributed by atoms with Gasteiger partial charge in [-0.2, -0.15) is 5.10 Å². The fourth-order valence-electron chi connectivity index (χ4n) is 2.82. The lowest BCUT2D eigenvalue weighted by Crippen LogP contribution is -2.31. The normalized spacial score (nSPS) is 14.0. The number of aryl methyl sites for hydroxylation is 3. The minimum atomic E-state index is -0.300. The predicted octanol–water partition coefficient (Wildman–Crippen LogP) is 1.85. The lowest BCUT2D eigenvalue weighted by Gasteiger charge is -2.10. The largest absolute Gasteiger partial charge is 0.309 e. The molecule has 0 bridgehead atoms. The SMILES string of the molecule is Cc1cccc(NC(=O)Cn2nc3c(cc2=O)CCCCC3)n1. The molecule has 0 saturated heterocycles. The van der Waals surface area contributed by atoms with Gasteiger partial charge in [-0.1, -0.05) is 12.5 Å². The molecule has 0 radical (unpaired) electrons. The first-order valence-corrected chi connectivity index (χ1v) is 7.95. The minimum absolute atomic E-state index is 0.0955. The molecule has 1 amide bonds. The van der Waals surface area contributed by atoms with Crippen molar-refractivity contribution in [1.82, 2.24) is 14.8 Å². The van der Waals surface area contributed by atoms with Gasteiger partial charge in [-0.15, -0.1) is 0 Å². The Morgan fingerprint density at radius 2 is 2.09 bits per heavy atom. The van der Waals surface area contributed by atoms with Crippen LogP contribution in [-0.4, -0.2) is 20.7 Å². The third-order valence-electron chi connectivity index (χ3n) is 3.97. The highest BCUT2D eigenvalue weighted by Gasteiger charge is 2.14. The van der Waals surface area contributed by atoms with Crippen molar-refractivity contribution in [2.45, 2.75) is 45.6 Å². The van der Waals surface area contributed by atoms with Crippen LogP contribution in [0.25, 0.3) is 0 Å². The van der Waals surface area contributed by atoms with Crippen molar-refractivity contribution < 1.29 is 4.79 Å². The van der Waals surface area contributed by atoms with E-state index in [1.54, 1.807) is 12.1 Å². The molecule has 0 aromatic carbocycles. The molecular weight excluding hydrogens is 292 g/mol. The molecule has 6 heteroatoms. The topological polar surface area (TPSA) is 76.9 Å². The monoisotopic (exact) mass is 312 g/mol. The lowest BCUT2D eigenvalue weighted by atomic mass is 10.1. The van der Waals surface area contributed by atoms with Crippen LogP contribution in [0.15, 0.2) is 29.1 Å². The molecule has 0 spiro atoms. The second kappa shape index (κ2) is 6.73. The first kappa shape index (κ1) is 15.4. The Labute approximate surface area is 134 Å². The maximum atomic E-state index is 12.2. The second-order valence-electron chi connectivity index (χ2n) is 5.89. The molecule has 1 aliphatic rings. The highest BCUT2D eigenvalue weighted by Crippen LogP contribution is 2.16. The summed E-state index contributed by atoms with van der Waals surface area (Å²) in [4.78, 5) is 28.5. The number of hydrogen-bond acceptors (Lipinski definition) is 4. The Balaban J connectivity index is 1.76. The molecule has 0 fully saturated rings. The number of nitrogens with zero attached hydrogens (tertiary/aromatic N) is 3. The van der Waals surface area contributed by atoms with Gasteiger partial charge in [0, 0.05) is 11.8 Å². The van der Waals surface area contributed by atoms with Gasteiger partial charge in [0.1, 0.15) is 12.4 Å². The van der Waals surface area contributed by atoms with Gasteiger partial charge in [-0.3, -0.25) is 9.59 Å². The van der Waals surface area contributed by atoms with Gasteiger partial charge in [-0.25, -0.2) is 9.67 Å². The molecule has 120 valence electrons. The standard InChI is InChI=1S/C17H20N4O2/c1-12-6-5-9-15(18-12)19-16(22)11-21-17(23)10-13-7-3-2-4-8-14(13)20-21/h5-6,9-10H,2-4,7-8,11H2,1H3,(H,18,19,22). The molecular formula is C17H20N4O2. The number of carbonyl (C=O) groups excluding carboxylic acids is 1. The van der Waals surface area contributed by atoms with Gasteiger partial charge in [0.05, 0.1) is 5.69 Å². The molecule has 0 atom stereocenters. The highest BCUT2D eigenvalue weighted by atomic mass is 16.2. The van der Waals surface area contributed by atoms with Gasteiger partial charge in [-0.05, 0) is 50.3 Å². The second-order valence-corrected chi connectivity index (χ2v) is 5.89. The van der Waals surface area contributed by atoms with Crippen molar-refractivity contribution in [3.8, 4) is 0 Å². The van der Waals surface area contributed by atoms with Gasteiger partial charge < -0.3 is 5.32 Å². The van der Waals surface area contributed by atoms with Crippen LogP contribution in [-0.2, 0) is 24.2 Å². The van der Waals surface area contributed by atoms with Gasteiger partial charge in [0.25, 0.3) is 5.56 Å². The van der Waals surface area contributed by atoms with E-state index in [4.69, 9.17) is 0 Å². The Morgan fingerprint density at radius 3 is 2.91 bits per heavy atom. The fourth-order valence-corrected chi connectivity index (χ4v) is 2.82. The third-order valence-corrected chi connectivity index (χ3v) is 3.97. The summed E-state index contributed by atoms with van der Waals surface area (Å²) in [7, 11) is 0. The molecule has 23 heavy (non-hydrogen) atoms. The average Bonchev–Trinajstić information content (AvgIpc) is 2.72. The number of hydrogen-bond donors (Lipinski definition) is 1. The van der Waals surface area contributed by atoms with E-state index in [0.29, 0.717) is 5.82 Å². The molecule has 1 aliphatic carbocycles. The summed E-state index contributed by atoms with van der Waals surface area (Å²) in [5.74, 6) is 0.184. The number of amides is 1. The number of carbonyl (C=O) groups is 1. The van der Waals surface area contributed by atoms with Crippen LogP contribution in [0.2, 0.25) is 0 Å². The van der Waals surface area contributed by atoms with Crippen LogP contribution in [0, 0.1) is 6.92 Å². The van der Waals surface area contributed by atoms with E-state index in [-0.39, 0.29) is 18.0 Å². The van der Waals surface area contributed by atoms with Gasteiger partial charge in [0.15, 0.2) is 0 Å². The van der Waals surface area contributed by atoms with Gasteiger partial charge >= 0.3 is 0 Å². The van der Waals surface area contributed by atoms with E-state index >= 15 is 0 Å². The predicted molar refractivity (Wildman–Crippen MR) is 87.4 cm³/mol. The molecule has 1 N–H and O–H groups in total. The lowest BCUT2D eigenvalue weighted by molar-refractivity contribution is -0.117. The molecule has 2 aromatic heterocycles. The molecule has 0 saturated carbocycles. The maximum Gasteiger partial charge on any atom is 0.267 e. The van der Waals surface area contributed by atoms with Crippen LogP contribution in [0.5, 0.6) is 0 Å². The molecule has 3 rings (SSSR count). The smallest absolute Gasteiger partial charge is 0.267 e. The summed E-state index contributed by atoms with van der Waals surface area (Å²) in [6, 6.07) is 7.03. The number of anilines is 1. The average molecular weight is 312 g/mol. The van der Waals surface area contributed by atoms with Crippen LogP contribution in [0.1, 0.15) is 36.2 Å². The summed E-state index contributed by atoms with van der Waals surface area (Å²) < 4.78 is 1.25. The zero-order valence-corrected chi connectivity index (χ0v) is 13.2. The van der Waals surface area contributed by atoms with Crippen LogP contribution in [0.3, 0.4) is 0 Å². The van der Waals surface area contributed by atoms with Crippen LogP contribution in [0.4, 0.5) is 5.82 Å². The quantitative estimate of drug-likeness (QED) is 0.878. The highest BCUT2D eigenvalue weighted by molar-refractivity contribution is 5.89. The summed E-state index contributed by atoms with van der Waals surface area (Å²) in [5, 5.41) is 7.10. The van der Waals surface area contributed by atoms with Crippen LogP contribution >= 0.6 is 0 Å². The Kier molecular flexibility index (Phi) is 4.50. The maximum absolute atomic E-state index is 12.2. The molecule has 0 unspecified atom stereocenters. The van der Waals surface area contributed by atoms with E-state index in [9.17, 15) is 9.59 Å². The van der Waals surface area contributed by atoms with Crippen molar-refractivity contribution in [2.75, 3.05) is 5.32 Å². The van der Waals surface area contributed by atoms with Crippen LogP contribution < -0.4 is 10.9 Å². The number of nitrogens with one attached hydrogen (secondary N) is 1. The number of rotatable bonds is 3. The van der Waals surface area contributed by atoms with Crippen molar-refractivity contribution >= 4 is 11.7 Å². The summed E-state index contributed by atoms with van der Waals surface area (Å²) in [6.45, 7) is 1.76. The number of aromatic nitrogens is 3. The molecule has 0 aliphatic heterocycles. The van der Waals surface area contributed by atoms with E-state index < -0.39 is 0 Å². The minimum Gasteiger partial charge on any atom is -0.309 e. The van der Waals surface area contributed by atoms with Crippen molar-refractivity contribution in [3.63, 3.8) is 0 Å². The molecule has 2 heterocycles. The molecule has 2 aromatic rings. The van der Waals surface area contributed by atoms with E-state index in [1.165, 1.54) is 4.68 Å². The summed E-state index contributed by atoms with van der Waals surface area (Å²) >= 11 is 0. The Morgan fingerprint density at radius 1 is 1.26 bits per heavy atom. The fraction of sp³-hybridized carbons (Fsp3) is 0.412. The summed E-state index contributed by atoms with van der Waals surface area (Å²) in [6.07, 6.45) is 5.10. The van der Waals surface area contributed by atoms with Gasteiger partial charge in [0.2, 0.25) is 5.91 Å². The Bertz CT molecular complexity index is 782. The molecule has 6 nitrogen and oxygen atoms in total. The zero-order chi connectivity index (χ0) is 16.2. The Hall–Kier alpha value is -2.50. The van der Waals surface area contributed by atoms with E-state index in [2.05, 4.69) is 15.4 Å². The number of fused-ring (bicyclic) bond motifs is 1. The zero-order valence-electron chi connectivity index (χ0n) is 13.2. The summed E-state index contributed by atoms with van der Waals surface area (Å²) in [5.41, 5.74) is 2.58. The first-order chi connectivity index (χ1) is 11.1.